The van der Waals surface area contributed by atoms with Crippen LogP contribution in [0, 0.1) is 5.82 Å². The van der Waals surface area contributed by atoms with E-state index in [1.165, 1.54) is 23.9 Å². The fourth-order valence-corrected chi connectivity index (χ4v) is 2.52. The van der Waals surface area contributed by atoms with Gasteiger partial charge in [0.2, 0.25) is 0 Å². The highest BCUT2D eigenvalue weighted by Gasteiger charge is 2.08. The van der Waals surface area contributed by atoms with Gasteiger partial charge in [-0.3, -0.25) is 9.78 Å². The number of carbonyl (C=O) groups excluding carboxylic acids is 1. The van der Waals surface area contributed by atoms with E-state index in [4.69, 9.17) is 0 Å². The Balaban J connectivity index is 1.72. The summed E-state index contributed by atoms with van der Waals surface area (Å²) in [5.74, 6) is -0.274. The molecule has 26 heavy (non-hydrogen) atoms. The van der Waals surface area contributed by atoms with Crippen molar-refractivity contribution >= 4 is 23.0 Å². The lowest BCUT2D eigenvalue weighted by atomic mass is 10.0. The topological polar surface area (TPSA) is 54.0 Å². The summed E-state index contributed by atoms with van der Waals surface area (Å²) in [6.07, 6.45) is 3.12. The maximum absolute atomic E-state index is 13.2. The Morgan fingerprint density at radius 1 is 0.962 bits per heavy atom. The number of hydrogen-bond acceptors (Lipinski definition) is 3. The van der Waals surface area contributed by atoms with Gasteiger partial charge in [0.25, 0.3) is 5.91 Å². The molecular formula is C21H20FN3O. The average Bonchev–Trinajstić information content (AvgIpc) is 2.62. The number of pyridine rings is 1. The van der Waals surface area contributed by atoms with Crippen LogP contribution in [0.15, 0.2) is 67.0 Å². The molecule has 2 N–H and O–H groups in total. The lowest BCUT2D eigenvalue weighted by Crippen LogP contribution is -2.12. The first-order valence-electron chi connectivity index (χ1n) is 8.40. The SMILES string of the molecule is CC(C)c1ccc(Nc2cncc(C(=O)Nc3cccc(F)c3)c2)cc1. The van der Waals surface area contributed by atoms with E-state index in [1.54, 1.807) is 24.4 Å². The third-order valence-corrected chi connectivity index (χ3v) is 3.95. The van der Waals surface area contributed by atoms with Crippen LogP contribution in [0.4, 0.5) is 21.5 Å². The molecule has 132 valence electrons. The second-order valence-corrected chi connectivity index (χ2v) is 6.33. The maximum atomic E-state index is 13.2. The lowest BCUT2D eigenvalue weighted by Gasteiger charge is -2.10. The fraction of sp³-hybridized carbons (Fsp3) is 0.143. The Kier molecular flexibility index (Phi) is 5.27. The molecule has 0 fully saturated rings. The van der Waals surface area contributed by atoms with E-state index in [0.717, 1.165) is 5.69 Å². The Morgan fingerprint density at radius 2 is 1.73 bits per heavy atom. The first kappa shape index (κ1) is 17.6. The summed E-state index contributed by atoms with van der Waals surface area (Å²) in [5.41, 5.74) is 3.67. The molecule has 3 aromatic rings. The van der Waals surface area contributed by atoms with Crippen LogP contribution in [0.5, 0.6) is 0 Å². The van der Waals surface area contributed by atoms with Gasteiger partial charge in [0.05, 0.1) is 17.4 Å². The van der Waals surface area contributed by atoms with Crippen LogP contribution in [0.2, 0.25) is 0 Å². The Labute approximate surface area is 152 Å². The largest absolute Gasteiger partial charge is 0.354 e. The first-order chi connectivity index (χ1) is 12.5. The van der Waals surface area contributed by atoms with E-state index in [2.05, 4.69) is 41.6 Å². The smallest absolute Gasteiger partial charge is 0.257 e. The van der Waals surface area contributed by atoms with Gasteiger partial charge < -0.3 is 10.6 Å². The average molecular weight is 349 g/mol. The van der Waals surface area contributed by atoms with Crippen molar-refractivity contribution in [3.05, 3.63) is 83.9 Å². The van der Waals surface area contributed by atoms with E-state index < -0.39 is 5.82 Å². The summed E-state index contributed by atoms with van der Waals surface area (Å²) in [6, 6.07) is 15.6. The van der Waals surface area contributed by atoms with Gasteiger partial charge in [-0.25, -0.2) is 4.39 Å². The van der Waals surface area contributed by atoms with Gasteiger partial charge in [-0.15, -0.1) is 0 Å². The van der Waals surface area contributed by atoms with Crippen molar-refractivity contribution in [1.82, 2.24) is 4.98 Å². The highest BCUT2D eigenvalue weighted by Crippen LogP contribution is 2.21. The molecule has 2 aromatic carbocycles. The van der Waals surface area contributed by atoms with Gasteiger partial charge >= 0.3 is 0 Å². The predicted molar refractivity (Wildman–Crippen MR) is 102 cm³/mol. The lowest BCUT2D eigenvalue weighted by molar-refractivity contribution is 0.102. The molecule has 0 atom stereocenters. The summed E-state index contributed by atoms with van der Waals surface area (Å²) in [6.45, 7) is 4.29. The molecule has 0 aliphatic carbocycles. The van der Waals surface area contributed by atoms with Crippen molar-refractivity contribution in [2.45, 2.75) is 19.8 Å². The summed E-state index contributed by atoms with van der Waals surface area (Å²) >= 11 is 0. The van der Waals surface area contributed by atoms with Gasteiger partial charge in [0.1, 0.15) is 5.82 Å². The number of aromatic nitrogens is 1. The van der Waals surface area contributed by atoms with Gasteiger partial charge in [-0.1, -0.05) is 32.0 Å². The van der Waals surface area contributed by atoms with Gasteiger partial charge in [-0.2, -0.15) is 0 Å². The van der Waals surface area contributed by atoms with Crippen LogP contribution in [-0.2, 0) is 0 Å². The molecule has 3 rings (SSSR count). The van der Waals surface area contributed by atoms with Gasteiger partial charge in [0.15, 0.2) is 0 Å². The molecule has 0 saturated carbocycles. The van der Waals surface area contributed by atoms with Crippen molar-refractivity contribution in [2.24, 2.45) is 0 Å². The third kappa shape index (κ3) is 4.45. The van der Waals surface area contributed by atoms with Crippen molar-refractivity contribution in [3.63, 3.8) is 0 Å². The standard InChI is InChI=1S/C21H20FN3O/c1-14(2)15-6-8-18(9-7-15)24-20-10-16(12-23-13-20)21(26)25-19-5-3-4-17(22)11-19/h3-14,24H,1-2H3,(H,25,26). The second-order valence-electron chi connectivity index (χ2n) is 6.33. The molecule has 0 unspecified atom stereocenters. The van der Waals surface area contributed by atoms with Crippen LogP contribution < -0.4 is 10.6 Å². The molecular weight excluding hydrogens is 329 g/mol. The van der Waals surface area contributed by atoms with E-state index in [1.807, 2.05) is 12.1 Å². The van der Waals surface area contributed by atoms with Crippen LogP contribution in [0.3, 0.4) is 0 Å². The van der Waals surface area contributed by atoms with Crippen molar-refractivity contribution in [1.29, 1.82) is 0 Å². The molecule has 0 bridgehead atoms. The molecule has 0 saturated heterocycles. The third-order valence-electron chi connectivity index (χ3n) is 3.95. The molecule has 0 radical (unpaired) electrons. The maximum Gasteiger partial charge on any atom is 0.257 e. The number of anilines is 3. The normalized spacial score (nSPS) is 10.6. The van der Waals surface area contributed by atoms with Crippen LogP contribution in [-0.4, -0.2) is 10.9 Å². The Morgan fingerprint density at radius 3 is 2.42 bits per heavy atom. The molecule has 0 spiro atoms. The molecule has 1 aromatic heterocycles. The van der Waals surface area contributed by atoms with Crippen LogP contribution >= 0.6 is 0 Å². The van der Waals surface area contributed by atoms with E-state index >= 15 is 0 Å². The number of rotatable bonds is 5. The summed E-state index contributed by atoms with van der Waals surface area (Å²) in [4.78, 5) is 16.5. The summed E-state index contributed by atoms with van der Waals surface area (Å²) in [7, 11) is 0. The zero-order valence-corrected chi connectivity index (χ0v) is 14.7. The number of amides is 1. The molecule has 4 nitrogen and oxygen atoms in total. The van der Waals surface area contributed by atoms with Crippen molar-refractivity contribution in [3.8, 4) is 0 Å². The number of nitrogens with zero attached hydrogens (tertiary/aromatic N) is 1. The van der Waals surface area contributed by atoms with Crippen LogP contribution in [0.1, 0.15) is 35.7 Å². The Bertz CT molecular complexity index is 907. The van der Waals surface area contributed by atoms with Gasteiger partial charge in [0, 0.05) is 17.6 Å². The molecule has 1 heterocycles. The Hall–Kier alpha value is -3.21. The molecule has 0 aliphatic rings. The number of hydrogen-bond donors (Lipinski definition) is 2. The minimum atomic E-state index is -0.402. The highest BCUT2D eigenvalue weighted by atomic mass is 19.1. The van der Waals surface area contributed by atoms with Crippen molar-refractivity contribution in [2.75, 3.05) is 10.6 Å². The summed E-state index contributed by atoms with van der Waals surface area (Å²) in [5, 5.41) is 5.90. The molecule has 1 amide bonds. The zero-order valence-electron chi connectivity index (χ0n) is 14.7. The van der Waals surface area contributed by atoms with E-state index in [9.17, 15) is 9.18 Å². The molecule has 0 aliphatic heterocycles. The minimum Gasteiger partial charge on any atom is -0.354 e. The number of halogens is 1. The predicted octanol–water partition coefficient (Wildman–Crippen LogP) is 5.34. The highest BCUT2D eigenvalue weighted by molar-refractivity contribution is 6.04. The number of benzene rings is 2. The monoisotopic (exact) mass is 349 g/mol. The molecule has 5 heteroatoms. The minimum absolute atomic E-state index is 0.345. The zero-order chi connectivity index (χ0) is 18.5. The van der Waals surface area contributed by atoms with E-state index in [-0.39, 0.29) is 5.91 Å². The van der Waals surface area contributed by atoms with E-state index in [0.29, 0.717) is 22.9 Å². The second kappa shape index (κ2) is 7.78. The first-order valence-corrected chi connectivity index (χ1v) is 8.40. The number of nitrogens with one attached hydrogen (secondary N) is 2. The summed E-state index contributed by atoms with van der Waals surface area (Å²) < 4.78 is 13.2. The number of carbonyl (C=O) groups is 1. The fourth-order valence-electron chi connectivity index (χ4n) is 2.52. The van der Waals surface area contributed by atoms with Crippen molar-refractivity contribution < 1.29 is 9.18 Å². The quantitative estimate of drug-likeness (QED) is 0.654. The van der Waals surface area contributed by atoms with Crippen LogP contribution in [0.25, 0.3) is 0 Å². The van der Waals surface area contributed by atoms with Gasteiger partial charge in [-0.05, 0) is 47.9 Å².